The first-order valence-corrected chi connectivity index (χ1v) is 11.8. The van der Waals surface area contributed by atoms with Gasteiger partial charge < -0.3 is 10.0 Å². The molecule has 0 spiro atoms. The Morgan fingerprint density at radius 3 is 2.87 bits per heavy atom. The van der Waals surface area contributed by atoms with Crippen molar-refractivity contribution in [3.05, 3.63) is 53.5 Å². The highest BCUT2D eigenvalue weighted by molar-refractivity contribution is 7.99. The monoisotopic (exact) mass is 452 g/mol. The van der Waals surface area contributed by atoms with Crippen molar-refractivity contribution in [2.75, 3.05) is 18.8 Å². The second kappa shape index (κ2) is 8.64. The van der Waals surface area contributed by atoms with E-state index in [0.717, 1.165) is 35.6 Å². The van der Waals surface area contributed by atoms with Crippen LogP contribution in [0.4, 0.5) is 0 Å². The SMILES string of the molecule is O=C(CSc1nnnn1-c1ccc(O)cc1)N1CCCC(c2nc3ccccc3s2)C1. The number of phenolic OH excluding ortho intramolecular Hbond substituents is 1. The van der Waals surface area contributed by atoms with Crippen LogP contribution in [0, 0.1) is 0 Å². The third kappa shape index (κ3) is 4.26. The van der Waals surface area contributed by atoms with Crippen LogP contribution in [0.3, 0.4) is 0 Å². The molecule has 1 aliphatic heterocycles. The van der Waals surface area contributed by atoms with E-state index < -0.39 is 0 Å². The van der Waals surface area contributed by atoms with E-state index in [1.165, 1.54) is 16.5 Å². The Labute approximate surface area is 186 Å². The summed E-state index contributed by atoms with van der Waals surface area (Å²) in [5.74, 6) is 0.804. The topological polar surface area (TPSA) is 97.0 Å². The van der Waals surface area contributed by atoms with Crippen molar-refractivity contribution in [3.8, 4) is 11.4 Å². The second-order valence-electron chi connectivity index (χ2n) is 7.38. The molecule has 1 N–H and O–H groups in total. The molecule has 10 heteroatoms. The van der Waals surface area contributed by atoms with Gasteiger partial charge in [0, 0.05) is 19.0 Å². The molecule has 1 amide bonds. The number of benzene rings is 2. The van der Waals surface area contributed by atoms with Crippen LogP contribution in [-0.2, 0) is 4.79 Å². The summed E-state index contributed by atoms with van der Waals surface area (Å²) in [6.07, 6.45) is 2.03. The Kier molecular flexibility index (Phi) is 5.56. The van der Waals surface area contributed by atoms with Gasteiger partial charge in [-0.1, -0.05) is 23.9 Å². The number of aromatic nitrogens is 5. The van der Waals surface area contributed by atoms with E-state index in [-0.39, 0.29) is 23.3 Å². The maximum absolute atomic E-state index is 12.9. The Morgan fingerprint density at radius 1 is 1.19 bits per heavy atom. The van der Waals surface area contributed by atoms with E-state index in [2.05, 4.69) is 21.6 Å². The van der Waals surface area contributed by atoms with Crippen molar-refractivity contribution >= 4 is 39.2 Å². The van der Waals surface area contributed by atoms with Gasteiger partial charge in [0.15, 0.2) is 0 Å². The molecule has 0 saturated carbocycles. The third-order valence-corrected chi connectivity index (χ3v) is 7.40. The number of hydrogen-bond acceptors (Lipinski definition) is 8. The molecule has 0 radical (unpaired) electrons. The van der Waals surface area contributed by atoms with Gasteiger partial charge in [0.05, 0.1) is 26.7 Å². The average molecular weight is 453 g/mol. The normalized spacial score (nSPS) is 16.6. The molecule has 1 atom stereocenters. The number of para-hydroxylation sites is 1. The standard InChI is InChI=1S/C21H20N6O2S2/c28-16-9-7-15(8-10-16)27-21(23-24-25-27)30-13-19(29)26-11-3-4-14(12-26)20-22-17-5-1-2-6-18(17)31-20/h1-2,5-10,14,28H,3-4,11-13H2. The van der Waals surface area contributed by atoms with Crippen molar-refractivity contribution < 1.29 is 9.90 Å². The zero-order valence-corrected chi connectivity index (χ0v) is 18.2. The number of thioether (sulfide) groups is 1. The van der Waals surface area contributed by atoms with Crippen LogP contribution in [-0.4, -0.2) is 59.9 Å². The van der Waals surface area contributed by atoms with Crippen LogP contribution in [0.15, 0.2) is 53.7 Å². The van der Waals surface area contributed by atoms with Gasteiger partial charge in [-0.05, 0) is 59.7 Å². The number of rotatable bonds is 5. The largest absolute Gasteiger partial charge is 0.508 e. The van der Waals surface area contributed by atoms with Crippen LogP contribution in [0.1, 0.15) is 23.8 Å². The number of carbonyl (C=O) groups excluding carboxylic acids is 1. The molecule has 1 aliphatic rings. The molecule has 2 aromatic carbocycles. The van der Waals surface area contributed by atoms with Crippen molar-refractivity contribution in [2.24, 2.45) is 0 Å². The summed E-state index contributed by atoms with van der Waals surface area (Å²) < 4.78 is 2.76. The van der Waals surface area contributed by atoms with Gasteiger partial charge >= 0.3 is 0 Å². The minimum Gasteiger partial charge on any atom is -0.508 e. The van der Waals surface area contributed by atoms with Gasteiger partial charge in [0.2, 0.25) is 11.1 Å². The summed E-state index contributed by atoms with van der Waals surface area (Å²) in [6, 6.07) is 14.8. The Balaban J connectivity index is 1.24. The number of carbonyl (C=O) groups is 1. The first-order valence-electron chi connectivity index (χ1n) is 10.0. The first-order chi connectivity index (χ1) is 15.2. The highest BCUT2D eigenvalue weighted by Gasteiger charge is 2.27. The number of thiazole rings is 1. The third-order valence-electron chi connectivity index (χ3n) is 5.29. The molecule has 0 bridgehead atoms. The highest BCUT2D eigenvalue weighted by atomic mass is 32.2. The fraction of sp³-hybridized carbons (Fsp3) is 0.286. The number of nitrogens with zero attached hydrogens (tertiary/aromatic N) is 6. The first kappa shape index (κ1) is 20.0. The summed E-state index contributed by atoms with van der Waals surface area (Å²) >= 11 is 3.04. The maximum atomic E-state index is 12.9. The van der Waals surface area contributed by atoms with Crippen LogP contribution in [0.25, 0.3) is 15.9 Å². The molecule has 8 nitrogen and oxygen atoms in total. The molecule has 5 rings (SSSR count). The molecular formula is C21H20N6O2S2. The lowest BCUT2D eigenvalue weighted by Crippen LogP contribution is -2.40. The molecule has 0 aliphatic carbocycles. The van der Waals surface area contributed by atoms with E-state index in [1.54, 1.807) is 40.3 Å². The smallest absolute Gasteiger partial charge is 0.233 e. The number of likely N-dealkylation sites (tertiary alicyclic amines) is 1. The molecule has 3 heterocycles. The lowest BCUT2D eigenvalue weighted by molar-refractivity contribution is -0.129. The van der Waals surface area contributed by atoms with Crippen molar-refractivity contribution in [2.45, 2.75) is 23.9 Å². The van der Waals surface area contributed by atoms with Gasteiger partial charge in [-0.25, -0.2) is 4.98 Å². The van der Waals surface area contributed by atoms with E-state index in [0.29, 0.717) is 11.7 Å². The van der Waals surface area contributed by atoms with Gasteiger partial charge in [-0.2, -0.15) is 4.68 Å². The summed E-state index contributed by atoms with van der Waals surface area (Å²) in [5.41, 5.74) is 1.76. The van der Waals surface area contributed by atoms with Gasteiger partial charge in [0.25, 0.3) is 0 Å². The van der Waals surface area contributed by atoms with Gasteiger partial charge in [0.1, 0.15) is 5.75 Å². The number of piperidine rings is 1. The summed E-state index contributed by atoms with van der Waals surface area (Å²) in [7, 11) is 0. The summed E-state index contributed by atoms with van der Waals surface area (Å²) in [4.78, 5) is 19.6. The van der Waals surface area contributed by atoms with Gasteiger partial charge in [-0.3, -0.25) is 4.79 Å². The maximum Gasteiger partial charge on any atom is 0.233 e. The molecule has 1 fully saturated rings. The Bertz CT molecular complexity index is 1170. The lowest BCUT2D eigenvalue weighted by Gasteiger charge is -2.31. The summed E-state index contributed by atoms with van der Waals surface area (Å²) in [5, 5.41) is 22.9. The number of amides is 1. The number of aromatic hydroxyl groups is 1. The second-order valence-corrected chi connectivity index (χ2v) is 9.38. The van der Waals surface area contributed by atoms with Crippen molar-refractivity contribution in [1.82, 2.24) is 30.1 Å². The number of hydrogen-bond donors (Lipinski definition) is 1. The molecule has 4 aromatic rings. The molecule has 158 valence electrons. The van der Waals surface area contributed by atoms with Crippen LogP contribution in [0.5, 0.6) is 5.75 Å². The molecule has 31 heavy (non-hydrogen) atoms. The fourth-order valence-electron chi connectivity index (χ4n) is 3.71. The predicted molar refractivity (Wildman–Crippen MR) is 120 cm³/mol. The van der Waals surface area contributed by atoms with Crippen molar-refractivity contribution in [3.63, 3.8) is 0 Å². The van der Waals surface area contributed by atoms with E-state index in [9.17, 15) is 9.90 Å². The van der Waals surface area contributed by atoms with Crippen LogP contribution in [0.2, 0.25) is 0 Å². The van der Waals surface area contributed by atoms with Crippen molar-refractivity contribution in [1.29, 1.82) is 0 Å². The van der Waals surface area contributed by atoms with Crippen LogP contribution < -0.4 is 0 Å². The summed E-state index contributed by atoms with van der Waals surface area (Å²) in [6.45, 7) is 1.46. The van der Waals surface area contributed by atoms with Gasteiger partial charge in [-0.15, -0.1) is 16.4 Å². The molecule has 2 aromatic heterocycles. The Morgan fingerprint density at radius 2 is 2.03 bits per heavy atom. The van der Waals surface area contributed by atoms with Crippen LogP contribution >= 0.6 is 23.1 Å². The van der Waals surface area contributed by atoms with E-state index in [1.807, 2.05) is 23.1 Å². The minimum atomic E-state index is 0.0797. The number of tetrazole rings is 1. The molecule has 1 saturated heterocycles. The Hall–Kier alpha value is -2.98. The minimum absolute atomic E-state index is 0.0797. The number of phenols is 1. The lowest BCUT2D eigenvalue weighted by atomic mass is 9.99. The molecular weight excluding hydrogens is 432 g/mol. The predicted octanol–water partition coefficient (Wildman–Crippen LogP) is 3.48. The zero-order chi connectivity index (χ0) is 21.2. The average Bonchev–Trinajstić information content (AvgIpc) is 3.45. The van der Waals surface area contributed by atoms with E-state index in [4.69, 9.17) is 4.98 Å². The zero-order valence-electron chi connectivity index (χ0n) is 16.6. The molecule has 1 unspecified atom stereocenters. The quantitative estimate of drug-likeness (QED) is 0.463. The van der Waals surface area contributed by atoms with E-state index >= 15 is 0 Å². The highest BCUT2D eigenvalue weighted by Crippen LogP contribution is 2.33. The fourth-order valence-corrected chi connectivity index (χ4v) is 5.60. The number of fused-ring (bicyclic) bond motifs is 1.